The molecule has 2 rings (SSSR count). The first kappa shape index (κ1) is 10.4. The summed E-state index contributed by atoms with van der Waals surface area (Å²) in [5.41, 5.74) is 0. The van der Waals surface area contributed by atoms with E-state index in [2.05, 4.69) is 10.2 Å². The molecule has 0 aromatic rings. The van der Waals surface area contributed by atoms with Gasteiger partial charge in [-0.05, 0) is 12.8 Å². The summed E-state index contributed by atoms with van der Waals surface area (Å²) in [5, 5.41) is 2.96. The highest BCUT2D eigenvalue weighted by molar-refractivity contribution is 5.78. The van der Waals surface area contributed by atoms with Crippen molar-refractivity contribution in [3.05, 3.63) is 0 Å². The Morgan fingerprint density at radius 3 is 2.47 bits per heavy atom. The predicted molar refractivity (Wildman–Crippen MR) is 55.2 cm³/mol. The highest BCUT2D eigenvalue weighted by atomic mass is 16.2. The van der Waals surface area contributed by atoms with Crippen LogP contribution in [0.2, 0.25) is 0 Å². The molecule has 5 heteroatoms. The summed E-state index contributed by atoms with van der Waals surface area (Å²) < 4.78 is 0. The Labute approximate surface area is 89.4 Å². The molecule has 0 spiro atoms. The van der Waals surface area contributed by atoms with E-state index in [1.165, 1.54) is 0 Å². The van der Waals surface area contributed by atoms with E-state index in [9.17, 15) is 9.59 Å². The van der Waals surface area contributed by atoms with Gasteiger partial charge in [-0.1, -0.05) is 0 Å². The molecule has 0 aromatic heterocycles. The zero-order valence-corrected chi connectivity index (χ0v) is 8.82. The molecule has 2 amide bonds. The molecular weight excluding hydrogens is 194 g/mol. The number of nitrogens with zero attached hydrogens (tertiary/aromatic N) is 2. The van der Waals surface area contributed by atoms with Gasteiger partial charge in [-0.3, -0.25) is 14.5 Å². The molecule has 2 fully saturated rings. The third kappa shape index (κ3) is 3.20. The van der Waals surface area contributed by atoms with E-state index >= 15 is 0 Å². The molecule has 1 saturated heterocycles. The first-order valence-electron chi connectivity index (χ1n) is 5.49. The Morgan fingerprint density at radius 2 is 1.93 bits per heavy atom. The van der Waals surface area contributed by atoms with Gasteiger partial charge in [0.1, 0.15) is 0 Å². The Morgan fingerprint density at radius 1 is 1.27 bits per heavy atom. The topological polar surface area (TPSA) is 52.7 Å². The maximum atomic E-state index is 11.5. The molecule has 0 bridgehead atoms. The lowest BCUT2D eigenvalue weighted by molar-refractivity contribution is -0.123. The minimum Gasteiger partial charge on any atom is -0.352 e. The molecule has 2 aliphatic rings. The second-order valence-corrected chi connectivity index (χ2v) is 4.26. The van der Waals surface area contributed by atoms with Crippen LogP contribution in [0.5, 0.6) is 0 Å². The fourth-order valence-corrected chi connectivity index (χ4v) is 1.73. The average Bonchev–Trinajstić information content (AvgIpc) is 3.03. The zero-order valence-electron chi connectivity index (χ0n) is 8.82. The Bertz CT molecular complexity index is 245. The van der Waals surface area contributed by atoms with Gasteiger partial charge in [0, 0.05) is 32.2 Å². The smallest absolute Gasteiger partial charge is 0.234 e. The van der Waals surface area contributed by atoms with Crippen molar-refractivity contribution in [3.63, 3.8) is 0 Å². The van der Waals surface area contributed by atoms with Gasteiger partial charge in [0.25, 0.3) is 0 Å². The quantitative estimate of drug-likeness (QED) is 0.609. The van der Waals surface area contributed by atoms with Crippen LogP contribution in [0.15, 0.2) is 0 Å². The van der Waals surface area contributed by atoms with Crippen molar-refractivity contribution < 1.29 is 9.59 Å². The van der Waals surface area contributed by atoms with Crippen molar-refractivity contribution in [2.24, 2.45) is 0 Å². The second-order valence-electron chi connectivity index (χ2n) is 4.26. The van der Waals surface area contributed by atoms with Crippen molar-refractivity contribution in [2.75, 3.05) is 32.7 Å². The third-order valence-electron chi connectivity index (χ3n) is 2.87. The summed E-state index contributed by atoms with van der Waals surface area (Å²) in [6.45, 7) is 3.55. The van der Waals surface area contributed by atoms with Crippen molar-refractivity contribution in [1.82, 2.24) is 15.1 Å². The standard InChI is InChI=1S/C10H17N3O2/c14-8-13-5-3-12(4-6-13)7-10(15)11-9-1-2-9/h8-9H,1-7H2,(H,11,15). The van der Waals surface area contributed by atoms with Crippen molar-refractivity contribution in [1.29, 1.82) is 0 Å². The lowest BCUT2D eigenvalue weighted by Gasteiger charge is -2.31. The molecule has 0 unspecified atom stereocenters. The van der Waals surface area contributed by atoms with Crippen LogP contribution in [-0.2, 0) is 9.59 Å². The minimum absolute atomic E-state index is 0.122. The fraction of sp³-hybridized carbons (Fsp3) is 0.800. The number of carbonyl (C=O) groups excluding carboxylic acids is 2. The highest BCUT2D eigenvalue weighted by Gasteiger charge is 2.24. The maximum absolute atomic E-state index is 11.5. The Hall–Kier alpha value is -1.10. The average molecular weight is 211 g/mol. The highest BCUT2D eigenvalue weighted by Crippen LogP contribution is 2.18. The SMILES string of the molecule is O=CN1CCN(CC(=O)NC2CC2)CC1. The van der Waals surface area contributed by atoms with E-state index in [1.54, 1.807) is 4.90 Å². The summed E-state index contributed by atoms with van der Waals surface area (Å²) >= 11 is 0. The lowest BCUT2D eigenvalue weighted by Crippen LogP contribution is -2.49. The van der Waals surface area contributed by atoms with E-state index in [4.69, 9.17) is 0 Å². The second kappa shape index (κ2) is 4.61. The normalized spacial score (nSPS) is 22.5. The van der Waals surface area contributed by atoms with Gasteiger partial charge < -0.3 is 10.2 Å². The molecule has 5 nitrogen and oxygen atoms in total. The largest absolute Gasteiger partial charge is 0.352 e. The lowest BCUT2D eigenvalue weighted by atomic mass is 10.3. The summed E-state index contributed by atoms with van der Waals surface area (Å²) in [4.78, 5) is 25.8. The molecule has 0 aromatic carbocycles. The number of amides is 2. The van der Waals surface area contributed by atoms with Crippen molar-refractivity contribution in [2.45, 2.75) is 18.9 Å². The summed E-state index contributed by atoms with van der Waals surface area (Å²) in [6.07, 6.45) is 3.14. The van der Waals surface area contributed by atoms with Crippen molar-refractivity contribution >= 4 is 12.3 Å². The van der Waals surface area contributed by atoms with Crippen LogP contribution >= 0.6 is 0 Å². The van der Waals surface area contributed by atoms with E-state index in [1.807, 2.05) is 0 Å². The molecule has 1 saturated carbocycles. The van der Waals surface area contributed by atoms with E-state index in [0.29, 0.717) is 12.6 Å². The molecular formula is C10H17N3O2. The zero-order chi connectivity index (χ0) is 10.7. The molecule has 0 radical (unpaired) electrons. The monoisotopic (exact) mass is 211 g/mol. The maximum Gasteiger partial charge on any atom is 0.234 e. The van der Waals surface area contributed by atoms with Crippen LogP contribution < -0.4 is 5.32 Å². The van der Waals surface area contributed by atoms with Crippen molar-refractivity contribution in [3.8, 4) is 0 Å². The van der Waals surface area contributed by atoms with E-state index < -0.39 is 0 Å². The van der Waals surface area contributed by atoms with Crippen LogP contribution in [0.4, 0.5) is 0 Å². The third-order valence-corrected chi connectivity index (χ3v) is 2.87. The summed E-state index contributed by atoms with van der Waals surface area (Å²) in [6, 6.07) is 0.439. The number of piperazine rings is 1. The van der Waals surface area contributed by atoms with E-state index in [-0.39, 0.29) is 5.91 Å². The number of rotatable bonds is 4. The molecule has 1 aliphatic heterocycles. The summed E-state index contributed by atoms with van der Waals surface area (Å²) in [7, 11) is 0. The number of hydrogen-bond acceptors (Lipinski definition) is 3. The number of carbonyl (C=O) groups is 2. The molecule has 84 valence electrons. The molecule has 1 heterocycles. The Kier molecular flexibility index (Phi) is 3.20. The summed E-state index contributed by atoms with van der Waals surface area (Å²) in [5.74, 6) is 0.122. The predicted octanol–water partition coefficient (Wildman–Crippen LogP) is -0.961. The van der Waals surface area contributed by atoms with Gasteiger partial charge >= 0.3 is 0 Å². The first-order chi connectivity index (χ1) is 7.28. The van der Waals surface area contributed by atoms with E-state index in [0.717, 1.165) is 45.4 Å². The van der Waals surface area contributed by atoms with Crippen LogP contribution in [-0.4, -0.2) is 60.9 Å². The molecule has 1 aliphatic carbocycles. The van der Waals surface area contributed by atoms with Gasteiger partial charge in [-0.2, -0.15) is 0 Å². The minimum atomic E-state index is 0.122. The van der Waals surface area contributed by atoms with Crippen LogP contribution in [0, 0.1) is 0 Å². The van der Waals surface area contributed by atoms with Gasteiger partial charge in [0.15, 0.2) is 0 Å². The van der Waals surface area contributed by atoms with Crippen LogP contribution in [0.25, 0.3) is 0 Å². The molecule has 0 atom stereocenters. The number of hydrogen-bond donors (Lipinski definition) is 1. The molecule has 15 heavy (non-hydrogen) atoms. The first-order valence-corrected chi connectivity index (χ1v) is 5.49. The fourth-order valence-electron chi connectivity index (χ4n) is 1.73. The Balaban J connectivity index is 1.66. The van der Waals surface area contributed by atoms with Crippen LogP contribution in [0.3, 0.4) is 0 Å². The van der Waals surface area contributed by atoms with Crippen LogP contribution in [0.1, 0.15) is 12.8 Å². The van der Waals surface area contributed by atoms with Gasteiger partial charge in [-0.15, -0.1) is 0 Å². The van der Waals surface area contributed by atoms with Gasteiger partial charge in [-0.25, -0.2) is 0 Å². The van der Waals surface area contributed by atoms with Gasteiger partial charge in [0.2, 0.25) is 12.3 Å². The number of nitrogens with one attached hydrogen (secondary N) is 1. The van der Waals surface area contributed by atoms with Gasteiger partial charge in [0.05, 0.1) is 6.54 Å². The molecule has 1 N–H and O–H groups in total.